The number of rotatable bonds is 7. The molecule has 3 rings (SSSR count). The van der Waals surface area contributed by atoms with Crippen molar-refractivity contribution in [1.29, 1.82) is 0 Å². The van der Waals surface area contributed by atoms with E-state index >= 15 is 0 Å². The number of nitrogens with zero attached hydrogens (tertiary/aromatic N) is 1. The summed E-state index contributed by atoms with van der Waals surface area (Å²) >= 11 is 0. The van der Waals surface area contributed by atoms with Crippen LogP contribution < -0.4 is 0 Å². The monoisotopic (exact) mass is 368 g/mol. The first kappa shape index (κ1) is 20.0. The van der Waals surface area contributed by atoms with Gasteiger partial charge < -0.3 is 9.47 Å². The maximum Gasteiger partial charge on any atom is 0.167 e. The fraction of sp³-hybridized carbons (Fsp3) is 0.478. The van der Waals surface area contributed by atoms with Gasteiger partial charge in [0, 0.05) is 6.42 Å². The van der Waals surface area contributed by atoms with E-state index in [1.165, 1.54) is 5.06 Å². The fourth-order valence-electron chi connectivity index (χ4n) is 4.14. The van der Waals surface area contributed by atoms with Gasteiger partial charge in [-0.05, 0) is 30.9 Å². The molecule has 0 amide bonds. The fourth-order valence-corrected chi connectivity index (χ4v) is 4.14. The van der Waals surface area contributed by atoms with Crippen LogP contribution in [0.4, 0.5) is 0 Å². The minimum absolute atomic E-state index is 0.158. The predicted octanol–water partition coefficient (Wildman–Crippen LogP) is 5.10. The van der Waals surface area contributed by atoms with E-state index in [9.17, 15) is 5.21 Å². The SMILES string of the molecule is CC(C)C(c1ccccc1)N([O])C(C)(CC1(C)OCCO1)c1ccccc1. The zero-order valence-electron chi connectivity index (χ0n) is 16.7. The summed E-state index contributed by atoms with van der Waals surface area (Å²) in [6, 6.07) is 19.7. The molecule has 1 fully saturated rings. The van der Waals surface area contributed by atoms with E-state index in [2.05, 4.69) is 13.8 Å². The number of ether oxygens (including phenoxy) is 2. The summed E-state index contributed by atoms with van der Waals surface area (Å²) < 4.78 is 11.7. The molecule has 2 unspecified atom stereocenters. The average molecular weight is 368 g/mol. The van der Waals surface area contributed by atoms with E-state index in [4.69, 9.17) is 9.47 Å². The summed E-state index contributed by atoms with van der Waals surface area (Å²) in [4.78, 5) is 0. The maximum atomic E-state index is 13.9. The van der Waals surface area contributed by atoms with Crippen molar-refractivity contribution >= 4 is 0 Å². The highest BCUT2D eigenvalue weighted by atomic mass is 16.7. The highest BCUT2D eigenvalue weighted by Crippen LogP contribution is 2.44. The molecule has 1 radical (unpaired) electrons. The van der Waals surface area contributed by atoms with Crippen molar-refractivity contribution in [3.8, 4) is 0 Å². The van der Waals surface area contributed by atoms with Gasteiger partial charge in [-0.2, -0.15) is 0 Å². The molecule has 145 valence electrons. The number of hydroxylamine groups is 2. The normalized spacial score (nSPS) is 20.0. The zero-order valence-corrected chi connectivity index (χ0v) is 16.7. The zero-order chi connectivity index (χ0) is 19.5. The lowest BCUT2D eigenvalue weighted by Gasteiger charge is -2.44. The molecule has 0 aliphatic carbocycles. The minimum Gasteiger partial charge on any atom is -0.348 e. The summed E-state index contributed by atoms with van der Waals surface area (Å²) in [6.07, 6.45) is 0.462. The first-order chi connectivity index (χ1) is 12.9. The van der Waals surface area contributed by atoms with Crippen LogP contribution in [0.15, 0.2) is 60.7 Å². The van der Waals surface area contributed by atoms with Gasteiger partial charge in [-0.1, -0.05) is 74.5 Å². The standard InChI is InChI=1S/C23H30NO3/c1-18(2)21(19-11-7-5-8-12-19)24(25)22(3,20-13-9-6-10-14-20)17-23(4)26-15-16-27-23/h5-14,18,21H,15-17H2,1-4H3. The lowest BCUT2D eigenvalue weighted by atomic mass is 9.82. The Hall–Kier alpha value is -1.72. The molecule has 1 saturated heterocycles. The Morgan fingerprint density at radius 3 is 2.04 bits per heavy atom. The van der Waals surface area contributed by atoms with Crippen LogP contribution in [0.5, 0.6) is 0 Å². The third kappa shape index (κ3) is 4.25. The second-order valence-corrected chi connectivity index (χ2v) is 8.07. The molecule has 0 bridgehead atoms. The van der Waals surface area contributed by atoms with Gasteiger partial charge in [0.1, 0.15) is 0 Å². The molecule has 1 heterocycles. The van der Waals surface area contributed by atoms with Gasteiger partial charge in [0.2, 0.25) is 0 Å². The third-order valence-corrected chi connectivity index (χ3v) is 5.47. The molecule has 0 saturated carbocycles. The highest BCUT2D eigenvalue weighted by Gasteiger charge is 2.47. The molecular weight excluding hydrogens is 338 g/mol. The Labute approximate surface area is 162 Å². The maximum absolute atomic E-state index is 13.9. The molecule has 2 aromatic carbocycles. The van der Waals surface area contributed by atoms with Crippen molar-refractivity contribution in [2.24, 2.45) is 5.92 Å². The van der Waals surface area contributed by atoms with E-state index < -0.39 is 11.3 Å². The molecule has 27 heavy (non-hydrogen) atoms. The van der Waals surface area contributed by atoms with Gasteiger partial charge in [0.05, 0.1) is 24.8 Å². The third-order valence-electron chi connectivity index (χ3n) is 5.47. The summed E-state index contributed by atoms with van der Waals surface area (Å²) in [5, 5.41) is 15.2. The van der Waals surface area contributed by atoms with Crippen molar-refractivity contribution in [1.82, 2.24) is 5.06 Å². The first-order valence-electron chi connectivity index (χ1n) is 9.71. The molecule has 1 aliphatic heterocycles. The van der Waals surface area contributed by atoms with E-state index in [0.717, 1.165) is 11.1 Å². The van der Waals surface area contributed by atoms with Gasteiger partial charge in [-0.3, -0.25) is 0 Å². The van der Waals surface area contributed by atoms with Crippen LogP contribution in [0, 0.1) is 5.92 Å². The van der Waals surface area contributed by atoms with Crippen LogP contribution in [0.2, 0.25) is 0 Å². The second kappa shape index (κ2) is 8.11. The quantitative estimate of drug-likeness (QED) is 0.639. The molecule has 0 N–H and O–H groups in total. The Balaban J connectivity index is 2.03. The lowest BCUT2D eigenvalue weighted by Crippen LogP contribution is -2.49. The molecule has 1 aliphatic rings. The molecule has 2 atom stereocenters. The molecule has 0 spiro atoms. The lowest BCUT2D eigenvalue weighted by molar-refractivity contribution is -0.287. The van der Waals surface area contributed by atoms with Crippen LogP contribution in [-0.2, 0) is 20.2 Å². The van der Waals surface area contributed by atoms with Crippen LogP contribution in [0.25, 0.3) is 0 Å². The van der Waals surface area contributed by atoms with Crippen molar-refractivity contribution in [3.63, 3.8) is 0 Å². The van der Waals surface area contributed by atoms with Gasteiger partial charge in [0.25, 0.3) is 0 Å². The van der Waals surface area contributed by atoms with E-state index in [1.54, 1.807) is 0 Å². The Morgan fingerprint density at radius 1 is 1.00 bits per heavy atom. The average Bonchev–Trinajstić information content (AvgIpc) is 3.09. The number of benzene rings is 2. The van der Waals surface area contributed by atoms with Gasteiger partial charge in [0.15, 0.2) is 5.79 Å². The summed E-state index contributed by atoms with van der Waals surface area (Å²) in [7, 11) is 0. The Bertz CT molecular complexity index is 713. The summed E-state index contributed by atoms with van der Waals surface area (Å²) in [6.45, 7) is 9.25. The number of hydrogen-bond acceptors (Lipinski definition) is 3. The highest BCUT2D eigenvalue weighted by molar-refractivity contribution is 5.26. The second-order valence-electron chi connectivity index (χ2n) is 8.07. The van der Waals surface area contributed by atoms with Crippen molar-refractivity contribution in [3.05, 3.63) is 71.8 Å². The van der Waals surface area contributed by atoms with Crippen LogP contribution >= 0.6 is 0 Å². The van der Waals surface area contributed by atoms with Gasteiger partial charge in [-0.15, -0.1) is 10.3 Å². The first-order valence-corrected chi connectivity index (χ1v) is 9.71. The minimum atomic E-state index is -0.787. The van der Waals surface area contributed by atoms with Crippen molar-refractivity contribution < 1.29 is 14.7 Å². The summed E-state index contributed by atoms with van der Waals surface area (Å²) in [5.74, 6) is -0.600. The topological polar surface area (TPSA) is 41.6 Å². The van der Waals surface area contributed by atoms with E-state index in [-0.39, 0.29) is 12.0 Å². The Kier molecular flexibility index (Phi) is 6.02. The molecule has 0 aromatic heterocycles. The molecular formula is C23H30NO3. The predicted molar refractivity (Wildman–Crippen MR) is 105 cm³/mol. The molecule has 2 aromatic rings. The largest absolute Gasteiger partial charge is 0.348 e. The van der Waals surface area contributed by atoms with Gasteiger partial charge in [-0.25, -0.2) is 0 Å². The molecule has 4 nitrogen and oxygen atoms in total. The van der Waals surface area contributed by atoms with E-state index in [1.807, 2.05) is 74.5 Å². The van der Waals surface area contributed by atoms with Gasteiger partial charge >= 0.3 is 0 Å². The van der Waals surface area contributed by atoms with Crippen molar-refractivity contribution in [2.45, 2.75) is 51.5 Å². The van der Waals surface area contributed by atoms with Crippen LogP contribution in [0.3, 0.4) is 0 Å². The Morgan fingerprint density at radius 2 is 1.52 bits per heavy atom. The molecule has 4 heteroatoms. The van der Waals surface area contributed by atoms with Crippen molar-refractivity contribution in [2.75, 3.05) is 13.2 Å². The summed E-state index contributed by atoms with van der Waals surface area (Å²) in [5.41, 5.74) is 1.22. The van der Waals surface area contributed by atoms with Crippen LogP contribution in [-0.4, -0.2) is 24.1 Å². The smallest absolute Gasteiger partial charge is 0.167 e. The van der Waals surface area contributed by atoms with Crippen LogP contribution in [0.1, 0.15) is 51.3 Å². The number of hydrogen-bond donors (Lipinski definition) is 0. The van der Waals surface area contributed by atoms with E-state index in [0.29, 0.717) is 19.6 Å².